The number of ether oxygens (including phenoxy) is 1. The highest BCUT2D eigenvalue weighted by Gasteiger charge is 2.61. The lowest BCUT2D eigenvalue weighted by Gasteiger charge is -2.43. The van der Waals surface area contributed by atoms with Gasteiger partial charge in [0.2, 0.25) is 0 Å². The Morgan fingerprint density at radius 1 is 1.00 bits per heavy atom. The van der Waals surface area contributed by atoms with E-state index in [9.17, 15) is 9.90 Å². The Balaban J connectivity index is 1.40. The number of hydrogen-bond acceptors (Lipinski definition) is 3. The van der Waals surface area contributed by atoms with Crippen LogP contribution in [0.2, 0.25) is 0 Å². The number of aliphatic hydroxyl groups is 1. The lowest BCUT2D eigenvalue weighted by atomic mass is 9.80. The molecule has 2 bridgehead atoms. The Morgan fingerprint density at radius 2 is 1.62 bits per heavy atom. The molecule has 1 saturated heterocycles. The smallest absolute Gasteiger partial charge is 0.343 e. The van der Waals surface area contributed by atoms with Crippen LogP contribution >= 0.6 is 0 Å². The SMILES string of the molecule is C[C@@H](c1ccccc1)[N+]1(C)CC2CC[C@@H]1C2OC(=O)[C@](O)(c1ccccc1)C1CCCC1. The lowest BCUT2D eigenvalue weighted by molar-refractivity contribution is -0.954. The second kappa shape index (κ2) is 8.31. The molecule has 1 aliphatic heterocycles. The van der Waals surface area contributed by atoms with E-state index in [2.05, 4.69) is 44.3 Å². The van der Waals surface area contributed by atoms with Crippen LogP contribution in [0, 0.1) is 11.8 Å². The van der Waals surface area contributed by atoms with Crippen molar-refractivity contribution >= 4 is 5.97 Å². The van der Waals surface area contributed by atoms with E-state index in [0.717, 1.165) is 49.6 Å². The number of quaternary nitrogens is 1. The Kier molecular flexibility index (Phi) is 5.63. The maximum absolute atomic E-state index is 13.7. The second-order valence-electron chi connectivity index (χ2n) is 10.5. The summed E-state index contributed by atoms with van der Waals surface area (Å²) in [5, 5.41) is 11.8. The molecule has 0 radical (unpaired) electrons. The van der Waals surface area contributed by atoms with Crippen LogP contribution < -0.4 is 0 Å². The van der Waals surface area contributed by atoms with Crippen molar-refractivity contribution in [3.63, 3.8) is 0 Å². The molecule has 4 heteroatoms. The van der Waals surface area contributed by atoms with Gasteiger partial charge in [-0.05, 0) is 31.7 Å². The Labute approximate surface area is 191 Å². The maximum atomic E-state index is 13.7. The predicted molar refractivity (Wildman–Crippen MR) is 125 cm³/mol. The molecule has 1 N–H and O–H groups in total. The standard InChI is InChI=1S/C28H36NO3/c1-20(21-11-5-3-6-12-21)29(2)19-22-17-18-25(29)26(22)32-27(30)28(31,24-15-9-10-16-24)23-13-7-4-8-14-23/h3-8,11-14,20,22,24-26,31H,9-10,15-19H2,1-2H3/q+1/t20-,22?,25+,26?,28-,29?/m0/s1. The molecule has 2 aromatic rings. The Hall–Kier alpha value is -2.17. The zero-order chi connectivity index (χ0) is 22.3. The predicted octanol–water partition coefficient (Wildman–Crippen LogP) is 4.98. The third kappa shape index (κ3) is 3.39. The third-order valence-corrected chi connectivity index (χ3v) is 8.94. The van der Waals surface area contributed by atoms with E-state index in [0.29, 0.717) is 17.5 Å². The van der Waals surface area contributed by atoms with Gasteiger partial charge < -0.3 is 14.3 Å². The lowest BCUT2D eigenvalue weighted by Crippen LogP contribution is -2.53. The van der Waals surface area contributed by atoms with Crippen molar-refractivity contribution in [2.24, 2.45) is 11.8 Å². The summed E-state index contributed by atoms with van der Waals surface area (Å²) in [5.41, 5.74) is 0.463. The molecule has 0 aromatic heterocycles. The van der Waals surface area contributed by atoms with Crippen molar-refractivity contribution in [3.8, 4) is 0 Å². The Bertz CT molecular complexity index is 942. The number of rotatable bonds is 6. The second-order valence-corrected chi connectivity index (χ2v) is 10.5. The third-order valence-electron chi connectivity index (χ3n) is 8.94. The molecule has 3 fully saturated rings. The molecule has 2 aliphatic carbocycles. The van der Waals surface area contributed by atoms with Gasteiger partial charge in [-0.2, -0.15) is 0 Å². The minimum absolute atomic E-state index is 0.0689. The molecule has 32 heavy (non-hydrogen) atoms. The molecule has 170 valence electrons. The highest BCUT2D eigenvalue weighted by molar-refractivity contribution is 5.82. The van der Waals surface area contributed by atoms with Gasteiger partial charge >= 0.3 is 5.97 Å². The van der Waals surface area contributed by atoms with Crippen molar-refractivity contribution in [1.29, 1.82) is 0 Å². The van der Waals surface area contributed by atoms with Gasteiger partial charge in [0.25, 0.3) is 0 Å². The average molecular weight is 435 g/mol. The van der Waals surface area contributed by atoms with E-state index in [1.54, 1.807) is 0 Å². The van der Waals surface area contributed by atoms with Gasteiger partial charge in [0.15, 0.2) is 11.7 Å². The first-order valence-corrected chi connectivity index (χ1v) is 12.3. The molecule has 2 saturated carbocycles. The van der Waals surface area contributed by atoms with E-state index >= 15 is 0 Å². The highest BCUT2D eigenvalue weighted by atomic mass is 16.6. The van der Waals surface area contributed by atoms with Crippen LogP contribution in [-0.4, -0.2) is 41.3 Å². The summed E-state index contributed by atoms with van der Waals surface area (Å²) >= 11 is 0. The van der Waals surface area contributed by atoms with Crippen LogP contribution in [0.5, 0.6) is 0 Å². The number of piperidine rings is 1. The fraction of sp³-hybridized carbons (Fsp3) is 0.536. The normalized spacial score (nSPS) is 32.5. The summed E-state index contributed by atoms with van der Waals surface area (Å²) in [7, 11) is 2.32. The van der Waals surface area contributed by atoms with Crippen molar-refractivity contribution < 1.29 is 19.1 Å². The van der Waals surface area contributed by atoms with Gasteiger partial charge in [0.05, 0.1) is 19.5 Å². The van der Waals surface area contributed by atoms with Crippen molar-refractivity contribution in [3.05, 3.63) is 71.8 Å². The number of hydrogen-bond donors (Lipinski definition) is 1. The summed E-state index contributed by atoms with van der Waals surface area (Å²) in [4.78, 5) is 13.7. The van der Waals surface area contributed by atoms with Gasteiger partial charge in [-0.3, -0.25) is 0 Å². The fourth-order valence-electron chi connectivity index (χ4n) is 6.96. The molecule has 0 amide bonds. The summed E-state index contributed by atoms with van der Waals surface area (Å²) in [6, 6.07) is 20.8. The van der Waals surface area contributed by atoms with Gasteiger partial charge in [-0.25, -0.2) is 4.79 Å². The van der Waals surface area contributed by atoms with Gasteiger partial charge in [0, 0.05) is 17.9 Å². The van der Waals surface area contributed by atoms with E-state index in [1.807, 2.05) is 30.3 Å². The molecular formula is C28H36NO3+. The number of nitrogens with zero attached hydrogens (tertiary/aromatic N) is 1. The van der Waals surface area contributed by atoms with Gasteiger partial charge in [-0.15, -0.1) is 0 Å². The molecule has 5 rings (SSSR count). The zero-order valence-corrected chi connectivity index (χ0v) is 19.3. The van der Waals surface area contributed by atoms with E-state index in [-0.39, 0.29) is 18.1 Å². The summed E-state index contributed by atoms with van der Waals surface area (Å²) < 4.78 is 7.21. The number of likely N-dealkylation sites (N-methyl/N-ethyl adjacent to an activating group) is 1. The molecule has 0 spiro atoms. The first kappa shape index (κ1) is 21.7. The monoisotopic (exact) mass is 434 g/mol. The van der Waals surface area contributed by atoms with E-state index in [1.165, 1.54) is 5.56 Å². The molecule has 1 heterocycles. The number of fused-ring (bicyclic) bond motifs is 2. The molecule has 4 nitrogen and oxygen atoms in total. The number of benzene rings is 2. The van der Waals surface area contributed by atoms with E-state index < -0.39 is 11.6 Å². The molecule has 2 aromatic carbocycles. The van der Waals surface area contributed by atoms with Crippen molar-refractivity contribution in [1.82, 2.24) is 0 Å². The minimum Gasteiger partial charge on any atom is -0.453 e. The first-order valence-electron chi connectivity index (χ1n) is 12.3. The fourth-order valence-corrected chi connectivity index (χ4v) is 6.96. The highest BCUT2D eigenvalue weighted by Crippen LogP contribution is 2.50. The van der Waals surface area contributed by atoms with Crippen molar-refractivity contribution in [2.75, 3.05) is 13.6 Å². The topological polar surface area (TPSA) is 46.5 Å². The number of carbonyl (C=O) groups excluding carboxylic acids is 1. The molecule has 6 atom stereocenters. The Morgan fingerprint density at radius 3 is 2.28 bits per heavy atom. The van der Waals surface area contributed by atoms with Crippen molar-refractivity contribution in [2.45, 2.75) is 69.2 Å². The maximum Gasteiger partial charge on any atom is 0.343 e. The number of esters is 1. The zero-order valence-electron chi connectivity index (χ0n) is 19.3. The quantitative estimate of drug-likeness (QED) is 0.515. The first-order chi connectivity index (χ1) is 15.4. The molecular weight excluding hydrogens is 398 g/mol. The van der Waals surface area contributed by atoms with E-state index in [4.69, 9.17) is 4.74 Å². The van der Waals surface area contributed by atoms with Crippen LogP contribution in [0.15, 0.2) is 60.7 Å². The van der Waals surface area contributed by atoms with Crippen LogP contribution in [0.25, 0.3) is 0 Å². The molecule has 3 aliphatic rings. The van der Waals surface area contributed by atoms with Crippen LogP contribution in [0.1, 0.15) is 62.6 Å². The minimum atomic E-state index is -1.55. The summed E-state index contributed by atoms with van der Waals surface area (Å²) in [5.74, 6) is -0.136. The summed E-state index contributed by atoms with van der Waals surface area (Å²) in [6.07, 6.45) is 5.93. The number of likely N-dealkylation sites (tertiary alicyclic amines) is 1. The van der Waals surface area contributed by atoms with Crippen LogP contribution in [0.3, 0.4) is 0 Å². The number of carbonyl (C=O) groups is 1. The van der Waals surface area contributed by atoms with Crippen LogP contribution in [-0.2, 0) is 15.1 Å². The molecule has 3 unspecified atom stereocenters. The van der Waals surface area contributed by atoms with Gasteiger partial charge in [-0.1, -0.05) is 73.5 Å². The van der Waals surface area contributed by atoms with Crippen LogP contribution in [0.4, 0.5) is 0 Å². The largest absolute Gasteiger partial charge is 0.453 e. The van der Waals surface area contributed by atoms with Gasteiger partial charge in [0.1, 0.15) is 12.1 Å². The summed E-state index contributed by atoms with van der Waals surface area (Å²) in [6.45, 7) is 3.32. The average Bonchev–Trinajstić information content (AvgIpc) is 3.56.